The molecule has 0 fully saturated rings. The van der Waals surface area contributed by atoms with Gasteiger partial charge in [-0.15, -0.1) is 0 Å². The first-order valence-corrected chi connectivity index (χ1v) is 5.02. The molecule has 0 aliphatic carbocycles. The lowest BCUT2D eigenvalue weighted by Gasteiger charge is -2.11. The Kier molecular flexibility index (Phi) is 2.14. The van der Waals surface area contributed by atoms with Gasteiger partial charge in [0.05, 0.1) is 11.6 Å². The smallest absolute Gasteiger partial charge is 0.192 e. The van der Waals surface area contributed by atoms with Gasteiger partial charge in [0, 0.05) is 6.07 Å². The summed E-state index contributed by atoms with van der Waals surface area (Å²) in [5, 5.41) is 0.720. The molecule has 0 saturated carbocycles. The number of fused-ring (bicyclic) bond motifs is 1. The molecule has 0 saturated heterocycles. The summed E-state index contributed by atoms with van der Waals surface area (Å²) < 4.78 is 5.44. The molecule has 0 unspecified atom stereocenters. The van der Waals surface area contributed by atoms with Crippen molar-refractivity contribution in [1.82, 2.24) is 0 Å². The van der Waals surface area contributed by atoms with Gasteiger partial charge < -0.3 is 4.42 Å². The minimum atomic E-state index is 0.0416. The van der Waals surface area contributed by atoms with Crippen LogP contribution in [0.25, 0.3) is 11.0 Å². The summed E-state index contributed by atoms with van der Waals surface area (Å²) in [5.74, 6) is 0. The zero-order chi connectivity index (χ0) is 11.2. The van der Waals surface area contributed by atoms with Crippen LogP contribution in [-0.2, 0) is 0 Å². The first-order chi connectivity index (χ1) is 7.04. The SMILES string of the molecule is Cc1c(C)c(C)c2c(=O)ccoc2c1C. The van der Waals surface area contributed by atoms with Crippen molar-refractivity contribution in [3.8, 4) is 0 Å². The van der Waals surface area contributed by atoms with Crippen LogP contribution in [0, 0.1) is 27.7 Å². The summed E-state index contributed by atoms with van der Waals surface area (Å²) >= 11 is 0. The van der Waals surface area contributed by atoms with Crippen LogP contribution in [0.5, 0.6) is 0 Å². The molecule has 0 spiro atoms. The normalized spacial score (nSPS) is 10.9. The van der Waals surface area contributed by atoms with Crippen molar-refractivity contribution in [2.45, 2.75) is 27.7 Å². The third-order valence-corrected chi connectivity index (χ3v) is 3.28. The van der Waals surface area contributed by atoms with Crippen LogP contribution in [0.3, 0.4) is 0 Å². The van der Waals surface area contributed by atoms with Gasteiger partial charge in [-0.05, 0) is 49.9 Å². The highest BCUT2D eigenvalue weighted by Crippen LogP contribution is 2.26. The Morgan fingerprint density at radius 2 is 1.53 bits per heavy atom. The lowest BCUT2D eigenvalue weighted by Crippen LogP contribution is -2.04. The second kappa shape index (κ2) is 3.23. The van der Waals surface area contributed by atoms with Crippen molar-refractivity contribution in [3.05, 3.63) is 44.8 Å². The van der Waals surface area contributed by atoms with Gasteiger partial charge in [-0.1, -0.05) is 0 Å². The van der Waals surface area contributed by atoms with Crippen LogP contribution in [0.15, 0.2) is 21.5 Å². The number of hydrogen-bond donors (Lipinski definition) is 0. The van der Waals surface area contributed by atoms with Crippen LogP contribution in [0.2, 0.25) is 0 Å². The summed E-state index contributed by atoms with van der Waals surface area (Å²) in [6.07, 6.45) is 1.46. The van der Waals surface area contributed by atoms with Gasteiger partial charge in [0.15, 0.2) is 5.43 Å². The standard InChI is InChI=1S/C13H14O2/c1-7-8(2)10(4)13-12(9(7)3)11(14)5-6-15-13/h5-6H,1-4H3. The van der Waals surface area contributed by atoms with Gasteiger partial charge in [-0.2, -0.15) is 0 Å². The highest BCUT2D eigenvalue weighted by Gasteiger charge is 2.12. The number of aryl methyl sites for hydroxylation is 2. The summed E-state index contributed by atoms with van der Waals surface area (Å²) in [7, 11) is 0. The Labute approximate surface area is 88.5 Å². The molecular formula is C13H14O2. The van der Waals surface area contributed by atoms with Crippen LogP contribution in [-0.4, -0.2) is 0 Å². The fourth-order valence-corrected chi connectivity index (χ4v) is 1.97. The molecule has 0 bridgehead atoms. The molecule has 2 nitrogen and oxygen atoms in total. The van der Waals surface area contributed by atoms with E-state index in [1.54, 1.807) is 0 Å². The third kappa shape index (κ3) is 1.29. The first kappa shape index (κ1) is 9.97. The highest BCUT2D eigenvalue weighted by atomic mass is 16.3. The number of hydrogen-bond acceptors (Lipinski definition) is 2. The predicted molar refractivity (Wildman–Crippen MR) is 61.4 cm³/mol. The van der Waals surface area contributed by atoms with Crippen molar-refractivity contribution in [2.75, 3.05) is 0 Å². The Hall–Kier alpha value is -1.57. The van der Waals surface area contributed by atoms with E-state index < -0.39 is 0 Å². The summed E-state index contributed by atoms with van der Waals surface area (Å²) in [6, 6.07) is 1.48. The van der Waals surface area contributed by atoms with E-state index in [9.17, 15) is 4.79 Å². The minimum Gasteiger partial charge on any atom is -0.464 e. The molecule has 78 valence electrons. The highest BCUT2D eigenvalue weighted by molar-refractivity contribution is 5.85. The monoisotopic (exact) mass is 202 g/mol. The maximum absolute atomic E-state index is 11.8. The van der Waals surface area contributed by atoms with Gasteiger partial charge in [-0.25, -0.2) is 0 Å². The average Bonchev–Trinajstić information content (AvgIpc) is 2.23. The van der Waals surface area contributed by atoms with Crippen molar-refractivity contribution in [2.24, 2.45) is 0 Å². The molecule has 15 heavy (non-hydrogen) atoms. The zero-order valence-corrected chi connectivity index (χ0v) is 9.47. The molecule has 0 radical (unpaired) electrons. The lowest BCUT2D eigenvalue weighted by atomic mass is 9.95. The Morgan fingerprint density at radius 1 is 0.933 bits per heavy atom. The van der Waals surface area contributed by atoms with Gasteiger partial charge in [0.25, 0.3) is 0 Å². The zero-order valence-electron chi connectivity index (χ0n) is 9.47. The largest absolute Gasteiger partial charge is 0.464 e. The van der Waals surface area contributed by atoms with E-state index in [1.807, 2.05) is 20.8 Å². The van der Waals surface area contributed by atoms with Gasteiger partial charge >= 0.3 is 0 Å². The topological polar surface area (TPSA) is 30.2 Å². The van der Waals surface area contributed by atoms with Crippen molar-refractivity contribution in [3.63, 3.8) is 0 Å². The number of benzene rings is 1. The van der Waals surface area contributed by atoms with E-state index in [1.165, 1.54) is 23.5 Å². The van der Waals surface area contributed by atoms with E-state index in [0.717, 1.165) is 22.1 Å². The fourth-order valence-electron chi connectivity index (χ4n) is 1.97. The van der Waals surface area contributed by atoms with Crippen LogP contribution in [0.1, 0.15) is 22.3 Å². The molecule has 0 aliphatic heterocycles. The van der Waals surface area contributed by atoms with Crippen LogP contribution < -0.4 is 5.43 Å². The predicted octanol–water partition coefficient (Wildman–Crippen LogP) is 3.03. The quantitative estimate of drug-likeness (QED) is 0.657. The van der Waals surface area contributed by atoms with Crippen molar-refractivity contribution < 1.29 is 4.42 Å². The van der Waals surface area contributed by atoms with E-state index in [0.29, 0.717) is 0 Å². The summed E-state index contributed by atoms with van der Waals surface area (Å²) in [6.45, 7) is 8.07. The molecule has 0 amide bonds. The lowest BCUT2D eigenvalue weighted by molar-refractivity contribution is 0.599. The molecule has 1 aromatic carbocycles. The van der Waals surface area contributed by atoms with Gasteiger partial charge in [-0.3, -0.25) is 4.79 Å². The molecule has 0 aliphatic rings. The van der Waals surface area contributed by atoms with E-state index >= 15 is 0 Å². The molecule has 1 aromatic heterocycles. The third-order valence-electron chi connectivity index (χ3n) is 3.28. The van der Waals surface area contributed by atoms with Crippen LogP contribution >= 0.6 is 0 Å². The Balaban J connectivity index is 3.15. The molecule has 1 heterocycles. The molecule has 2 aromatic rings. The van der Waals surface area contributed by atoms with E-state index in [2.05, 4.69) is 6.92 Å². The van der Waals surface area contributed by atoms with E-state index in [4.69, 9.17) is 4.42 Å². The maximum Gasteiger partial charge on any atom is 0.192 e. The van der Waals surface area contributed by atoms with Gasteiger partial charge in [0.2, 0.25) is 0 Å². The second-order valence-corrected chi connectivity index (χ2v) is 3.99. The molecular weight excluding hydrogens is 188 g/mol. The maximum atomic E-state index is 11.8. The molecule has 2 heteroatoms. The van der Waals surface area contributed by atoms with Crippen molar-refractivity contribution in [1.29, 1.82) is 0 Å². The van der Waals surface area contributed by atoms with Gasteiger partial charge in [0.1, 0.15) is 5.58 Å². The Bertz CT molecular complexity index is 591. The Morgan fingerprint density at radius 3 is 2.20 bits per heavy atom. The van der Waals surface area contributed by atoms with Crippen molar-refractivity contribution >= 4 is 11.0 Å². The second-order valence-electron chi connectivity index (χ2n) is 3.99. The first-order valence-electron chi connectivity index (χ1n) is 5.02. The average molecular weight is 202 g/mol. The summed E-state index contributed by atoms with van der Waals surface area (Å²) in [5.41, 5.74) is 5.24. The van der Waals surface area contributed by atoms with E-state index in [-0.39, 0.29) is 5.43 Å². The molecule has 0 N–H and O–H groups in total. The minimum absolute atomic E-state index is 0.0416. The summed E-state index contributed by atoms with van der Waals surface area (Å²) in [4.78, 5) is 11.8. The van der Waals surface area contributed by atoms with Crippen LogP contribution in [0.4, 0.5) is 0 Å². The molecule has 2 rings (SSSR count). The number of rotatable bonds is 0. The fraction of sp³-hybridized carbons (Fsp3) is 0.308. The molecule has 0 atom stereocenters.